The summed E-state index contributed by atoms with van der Waals surface area (Å²) < 4.78 is 11.5. The molecule has 0 N–H and O–H groups in total. The van der Waals surface area contributed by atoms with Crippen LogP contribution in [0.25, 0.3) is 0 Å². The van der Waals surface area contributed by atoms with E-state index in [0.717, 1.165) is 50.7 Å². The molecule has 2 aliphatic rings. The van der Waals surface area contributed by atoms with Crippen molar-refractivity contribution in [1.82, 2.24) is 4.90 Å². The second-order valence-corrected chi connectivity index (χ2v) is 6.85. The van der Waals surface area contributed by atoms with E-state index in [2.05, 4.69) is 52.3 Å². The highest BCUT2D eigenvalue weighted by molar-refractivity contribution is 5.48. The van der Waals surface area contributed by atoms with E-state index in [0.29, 0.717) is 6.04 Å². The average Bonchev–Trinajstić information content (AvgIpc) is 3.12. The first-order valence-corrected chi connectivity index (χ1v) is 9.18. The molecular formula is C21H26N2O2. The number of nitrogens with zero attached hydrogens (tertiary/aromatic N) is 2. The third-order valence-corrected chi connectivity index (χ3v) is 5.29. The minimum Gasteiger partial charge on any atom is -0.493 e. The zero-order chi connectivity index (χ0) is 17.1. The number of benzene rings is 2. The van der Waals surface area contributed by atoms with Crippen LogP contribution in [0.5, 0.6) is 11.5 Å². The molecule has 2 aromatic rings. The molecule has 1 atom stereocenters. The number of para-hydroxylation sites is 2. The minimum absolute atomic E-state index is 0.595. The monoisotopic (exact) mass is 338 g/mol. The number of hydrogen-bond acceptors (Lipinski definition) is 4. The van der Waals surface area contributed by atoms with Gasteiger partial charge in [0.25, 0.3) is 0 Å². The Balaban J connectivity index is 1.51. The van der Waals surface area contributed by atoms with Crippen molar-refractivity contribution in [3.63, 3.8) is 0 Å². The number of anilines is 1. The largest absolute Gasteiger partial charge is 0.493 e. The summed E-state index contributed by atoms with van der Waals surface area (Å²) in [5.41, 5.74) is 2.57. The molecule has 0 bridgehead atoms. The standard InChI is InChI=1S/C21H26N2O2/c1-24-20-10-5-7-17-15-22(12-6-14-25-21(17)20)19-11-13-23(16-19)18-8-3-2-4-9-18/h2-5,7-10,19H,6,11-16H2,1H3. The molecule has 0 aliphatic carbocycles. The molecule has 0 spiro atoms. The quantitative estimate of drug-likeness (QED) is 0.854. The van der Waals surface area contributed by atoms with Crippen molar-refractivity contribution in [3.8, 4) is 11.5 Å². The van der Waals surface area contributed by atoms with E-state index in [1.807, 2.05) is 6.07 Å². The van der Waals surface area contributed by atoms with Crippen LogP contribution in [-0.2, 0) is 6.54 Å². The van der Waals surface area contributed by atoms with Gasteiger partial charge >= 0.3 is 0 Å². The molecule has 4 nitrogen and oxygen atoms in total. The predicted molar refractivity (Wildman–Crippen MR) is 101 cm³/mol. The Morgan fingerprint density at radius 1 is 1.04 bits per heavy atom. The molecule has 2 heterocycles. The summed E-state index contributed by atoms with van der Waals surface area (Å²) in [4.78, 5) is 5.14. The predicted octanol–water partition coefficient (Wildman–Crippen LogP) is 3.56. The average molecular weight is 338 g/mol. The van der Waals surface area contributed by atoms with Gasteiger partial charge in [0, 0.05) is 43.5 Å². The first-order chi connectivity index (χ1) is 12.3. The van der Waals surface area contributed by atoms with E-state index in [1.54, 1.807) is 7.11 Å². The molecule has 1 fully saturated rings. The van der Waals surface area contributed by atoms with Gasteiger partial charge in [-0.3, -0.25) is 4.90 Å². The van der Waals surface area contributed by atoms with Crippen LogP contribution in [0.1, 0.15) is 18.4 Å². The lowest BCUT2D eigenvalue weighted by Gasteiger charge is -2.32. The first kappa shape index (κ1) is 16.3. The van der Waals surface area contributed by atoms with Gasteiger partial charge in [0.05, 0.1) is 13.7 Å². The summed E-state index contributed by atoms with van der Waals surface area (Å²) in [6.45, 7) is 5.00. The second kappa shape index (κ2) is 7.36. The highest BCUT2D eigenvalue weighted by atomic mass is 16.5. The van der Waals surface area contributed by atoms with Crippen molar-refractivity contribution in [1.29, 1.82) is 0 Å². The molecule has 0 radical (unpaired) electrons. The fourth-order valence-electron chi connectivity index (χ4n) is 3.97. The molecule has 4 heteroatoms. The van der Waals surface area contributed by atoms with Crippen LogP contribution in [0, 0.1) is 0 Å². The van der Waals surface area contributed by atoms with Gasteiger partial charge in [-0.1, -0.05) is 30.3 Å². The topological polar surface area (TPSA) is 24.9 Å². The van der Waals surface area contributed by atoms with E-state index in [-0.39, 0.29) is 0 Å². The highest BCUT2D eigenvalue weighted by Crippen LogP contribution is 2.34. The molecule has 1 unspecified atom stereocenters. The van der Waals surface area contributed by atoms with Gasteiger partial charge in [-0.2, -0.15) is 0 Å². The Kier molecular flexibility index (Phi) is 4.79. The molecule has 2 aromatic carbocycles. The van der Waals surface area contributed by atoms with Gasteiger partial charge in [0.2, 0.25) is 0 Å². The van der Waals surface area contributed by atoms with E-state index in [1.165, 1.54) is 17.7 Å². The van der Waals surface area contributed by atoms with Crippen LogP contribution in [0.3, 0.4) is 0 Å². The fourth-order valence-corrected chi connectivity index (χ4v) is 3.97. The number of ether oxygens (including phenoxy) is 2. The van der Waals surface area contributed by atoms with Gasteiger partial charge in [-0.05, 0) is 31.0 Å². The lowest BCUT2D eigenvalue weighted by atomic mass is 10.1. The van der Waals surface area contributed by atoms with Crippen molar-refractivity contribution >= 4 is 5.69 Å². The Morgan fingerprint density at radius 3 is 2.76 bits per heavy atom. The molecule has 0 amide bonds. The Hall–Kier alpha value is -2.20. The van der Waals surface area contributed by atoms with Crippen LogP contribution >= 0.6 is 0 Å². The second-order valence-electron chi connectivity index (χ2n) is 6.85. The van der Waals surface area contributed by atoms with Gasteiger partial charge in [0.15, 0.2) is 11.5 Å². The summed E-state index contributed by atoms with van der Waals surface area (Å²) in [7, 11) is 1.71. The van der Waals surface area contributed by atoms with Gasteiger partial charge in [-0.15, -0.1) is 0 Å². The zero-order valence-corrected chi connectivity index (χ0v) is 14.9. The number of methoxy groups -OCH3 is 1. The Labute approximate surface area is 150 Å². The smallest absolute Gasteiger partial charge is 0.165 e. The Bertz CT molecular complexity index is 704. The van der Waals surface area contributed by atoms with Gasteiger partial charge in [0.1, 0.15) is 0 Å². The normalized spacial score (nSPS) is 21.2. The van der Waals surface area contributed by atoms with E-state index < -0.39 is 0 Å². The molecule has 132 valence electrons. The number of hydrogen-bond donors (Lipinski definition) is 0. The molecular weight excluding hydrogens is 312 g/mol. The molecule has 2 aliphatic heterocycles. The van der Waals surface area contributed by atoms with Crippen LogP contribution < -0.4 is 14.4 Å². The van der Waals surface area contributed by atoms with Crippen LogP contribution in [0.2, 0.25) is 0 Å². The molecule has 0 aromatic heterocycles. The zero-order valence-electron chi connectivity index (χ0n) is 14.9. The van der Waals surface area contributed by atoms with Crippen LogP contribution in [0.15, 0.2) is 48.5 Å². The summed E-state index contributed by atoms with van der Waals surface area (Å²) in [6, 6.07) is 17.6. The number of rotatable bonds is 3. The summed E-state index contributed by atoms with van der Waals surface area (Å²) in [5.74, 6) is 1.77. The van der Waals surface area contributed by atoms with Crippen molar-refractivity contribution in [2.45, 2.75) is 25.4 Å². The maximum Gasteiger partial charge on any atom is 0.165 e. The first-order valence-electron chi connectivity index (χ1n) is 9.18. The summed E-state index contributed by atoms with van der Waals surface area (Å²) >= 11 is 0. The third kappa shape index (κ3) is 3.45. The minimum atomic E-state index is 0.595. The molecule has 25 heavy (non-hydrogen) atoms. The van der Waals surface area contributed by atoms with E-state index >= 15 is 0 Å². The summed E-state index contributed by atoms with van der Waals surface area (Å²) in [5, 5.41) is 0. The maximum atomic E-state index is 5.99. The van der Waals surface area contributed by atoms with Crippen LogP contribution in [0.4, 0.5) is 5.69 Å². The lowest BCUT2D eigenvalue weighted by Crippen LogP contribution is -2.39. The summed E-state index contributed by atoms with van der Waals surface area (Å²) in [6.07, 6.45) is 2.27. The van der Waals surface area contributed by atoms with Crippen LogP contribution in [-0.4, -0.2) is 44.3 Å². The molecule has 0 saturated carbocycles. The molecule has 4 rings (SSSR count). The van der Waals surface area contributed by atoms with E-state index in [4.69, 9.17) is 9.47 Å². The number of fused-ring (bicyclic) bond motifs is 1. The Morgan fingerprint density at radius 2 is 1.92 bits per heavy atom. The van der Waals surface area contributed by atoms with E-state index in [9.17, 15) is 0 Å². The van der Waals surface area contributed by atoms with Crippen molar-refractivity contribution in [3.05, 3.63) is 54.1 Å². The lowest BCUT2D eigenvalue weighted by molar-refractivity contribution is 0.162. The third-order valence-electron chi connectivity index (χ3n) is 5.29. The van der Waals surface area contributed by atoms with Crippen molar-refractivity contribution < 1.29 is 9.47 Å². The maximum absolute atomic E-state index is 5.99. The highest BCUT2D eigenvalue weighted by Gasteiger charge is 2.29. The van der Waals surface area contributed by atoms with Gasteiger partial charge in [-0.25, -0.2) is 0 Å². The fraction of sp³-hybridized carbons (Fsp3) is 0.429. The molecule has 1 saturated heterocycles. The van der Waals surface area contributed by atoms with Gasteiger partial charge < -0.3 is 14.4 Å². The van der Waals surface area contributed by atoms with Crippen molar-refractivity contribution in [2.24, 2.45) is 0 Å². The SMILES string of the molecule is COc1cccc2c1OCCCN(C1CCN(c3ccccc3)C1)C2. The van der Waals surface area contributed by atoms with Crippen molar-refractivity contribution in [2.75, 3.05) is 38.3 Å².